The van der Waals surface area contributed by atoms with Gasteiger partial charge in [-0.2, -0.15) is 0 Å². The molecule has 226 valence electrons. The van der Waals surface area contributed by atoms with Crippen molar-refractivity contribution in [3.8, 4) is 11.1 Å². The molecule has 3 aromatic rings. The topological polar surface area (TPSA) is 72.1 Å². The Kier molecular flexibility index (Phi) is 7.92. The molecule has 1 amide bonds. The molecule has 2 heterocycles. The number of benzene rings is 3. The van der Waals surface area contributed by atoms with Crippen LogP contribution in [0.25, 0.3) is 11.1 Å². The molecule has 0 radical (unpaired) electrons. The summed E-state index contributed by atoms with van der Waals surface area (Å²) >= 11 is 0. The van der Waals surface area contributed by atoms with Gasteiger partial charge in [-0.1, -0.05) is 48.5 Å². The average molecular weight is 582 g/mol. The third-order valence-corrected chi connectivity index (χ3v) is 10.1. The summed E-state index contributed by atoms with van der Waals surface area (Å²) in [4.78, 5) is 16.0. The van der Waals surface area contributed by atoms with Gasteiger partial charge in [0, 0.05) is 44.3 Å². The lowest BCUT2D eigenvalue weighted by Gasteiger charge is -2.32. The molecule has 2 fully saturated rings. The fraction of sp³-hybridized carbons (Fsp3) is 0.457. The predicted molar refractivity (Wildman–Crippen MR) is 173 cm³/mol. The number of piperazine rings is 1. The highest BCUT2D eigenvalue weighted by Gasteiger charge is 2.53. The number of nitrogens with one attached hydrogen (secondary N) is 2. The van der Waals surface area contributed by atoms with Crippen molar-refractivity contribution in [3.63, 3.8) is 0 Å². The zero-order valence-corrected chi connectivity index (χ0v) is 26.6. The molecule has 0 unspecified atom stereocenters. The van der Waals surface area contributed by atoms with Gasteiger partial charge in [0.1, 0.15) is 6.61 Å². The van der Waals surface area contributed by atoms with Crippen LogP contribution in [0, 0.1) is 20.8 Å². The number of fused-ring (bicyclic) bond motifs is 3. The first-order valence-electron chi connectivity index (χ1n) is 15.5. The molecule has 0 bridgehead atoms. The fourth-order valence-electron chi connectivity index (χ4n) is 6.86. The Morgan fingerprint density at radius 3 is 2.05 bits per heavy atom. The lowest BCUT2D eigenvalue weighted by Crippen LogP contribution is -2.44. The van der Waals surface area contributed by atoms with Crippen molar-refractivity contribution in [2.75, 3.05) is 38.1 Å². The van der Waals surface area contributed by atoms with Crippen LogP contribution in [0.2, 0.25) is 0 Å². The van der Waals surface area contributed by atoms with Gasteiger partial charge in [-0.3, -0.25) is 10.2 Å². The summed E-state index contributed by atoms with van der Waals surface area (Å²) < 4.78 is 19.1. The van der Waals surface area contributed by atoms with E-state index in [1.807, 2.05) is 19.1 Å². The van der Waals surface area contributed by atoms with E-state index in [9.17, 15) is 4.79 Å². The maximum Gasteiger partial charge on any atom is 0.495 e. The molecule has 43 heavy (non-hydrogen) atoms. The Labute approximate surface area is 256 Å². The number of anilines is 1. The molecule has 0 saturated carbocycles. The molecule has 0 atom stereocenters. The maximum absolute atomic E-state index is 13.5. The van der Waals surface area contributed by atoms with E-state index in [-0.39, 0.29) is 12.5 Å². The second kappa shape index (κ2) is 11.4. The largest absolute Gasteiger partial charge is 0.495 e. The van der Waals surface area contributed by atoms with E-state index in [1.165, 1.54) is 27.8 Å². The Morgan fingerprint density at radius 2 is 1.47 bits per heavy atom. The summed E-state index contributed by atoms with van der Waals surface area (Å²) in [6.07, 6.45) is -0.454. The molecule has 2 aliphatic heterocycles. The number of nitrogens with zero attached hydrogens (tertiary/aromatic N) is 1. The predicted octanol–water partition coefficient (Wildman–Crippen LogP) is 5.68. The van der Waals surface area contributed by atoms with Crippen LogP contribution in [0.5, 0.6) is 0 Å². The quantitative estimate of drug-likeness (QED) is 0.366. The summed E-state index contributed by atoms with van der Waals surface area (Å²) in [5, 5.41) is 6.60. The van der Waals surface area contributed by atoms with Crippen LogP contribution < -0.4 is 16.1 Å². The van der Waals surface area contributed by atoms with Crippen molar-refractivity contribution >= 4 is 24.4 Å². The first kappa shape index (κ1) is 29.9. The van der Waals surface area contributed by atoms with Crippen LogP contribution in [-0.4, -0.2) is 62.1 Å². The van der Waals surface area contributed by atoms with Crippen molar-refractivity contribution in [1.29, 1.82) is 0 Å². The minimum atomic E-state index is -0.532. The molecular weight excluding hydrogens is 537 g/mol. The Balaban J connectivity index is 1.30. The van der Waals surface area contributed by atoms with Gasteiger partial charge >= 0.3 is 13.2 Å². The van der Waals surface area contributed by atoms with Crippen LogP contribution in [0.1, 0.15) is 67.0 Å². The average Bonchev–Trinajstić information content (AvgIpc) is 3.41. The van der Waals surface area contributed by atoms with Crippen LogP contribution in [0.3, 0.4) is 0 Å². The molecule has 6 rings (SSSR count). The van der Waals surface area contributed by atoms with E-state index in [0.29, 0.717) is 0 Å². The van der Waals surface area contributed by atoms with Gasteiger partial charge < -0.3 is 19.4 Å². The van der Waals surface area contributed by atoms with Crippen molar-refractivity contribution < 1.29 is 18.8 Å². The fourth-order valence-corrected chi connectivity index (χ4v) is 6.86. The smallest absolute Gasteiger partial charge is 0.448 e. The first-order valence-corrected chi connectivity index (χ1v) is 15.5. The molecule has 2 saturated heterocycles. The number of carbonyl (C=O) groups is 1. The SMILES string of the molecule is Cc1c(CN2CCNCC2)c(C)c(B2OC(C)(C)C(C)(C)O2)c(C)c1NC(=O)OCC1c2ccccc2-c2ccccc21. The second-order valence-electron chi connectivity index (χ2n) is 13.2. The number of amides is 1. The maximum atomic E-state index is 13.5. The molecule has 2 N–H and O–H groups in total. The second-order valence-corrected chi connectivity index (χ2v) is 13.2. The zero-order valence-electron chi connectivity index (χ0n) is 26.6. The van der Waals surface area contributed by atoms with Gasteiger partial charge in [0.2, 0.25) is 0 Å². The van der Waals surface area contributed by atoms with Crippen molar-refractivity contribution in [3.05, 3.63) is 81.9 Å². The molecule has 1 aliphatic carbocycles. The Morgan fingerprint density at radius 1 is 0.907 bits per heavy atom. The summed E-state index contributed by atoms with van der Waals surface area (Å²) in [5.41, 5.74) is 10.00. The third kappa shape index (κ3) is 5.39. The lowest BCUT2D eigenvalue weighted by atomic mass is 9.70. The van der Waals surface area contributed by atoms with Gasteiger partial charge in [0.25, 0.3) is 0 Å². The Bertz CT molecular complexity index is 1480. The number of hydrogen-bond donors (Lipinski definition) is 2. The molecular formula is C35H44BN3O4. The minimum absolute atomic E-state index is 0.00180. The molecule has 8 heteroatoms. The van der Waals surface area contributed by atoms with E-state index in [1.54, 1.807) is 0 Å². The highest BCUT2D eigenvalue weighted by molar-refractivity contribution is 6.63. The van der Waals surface area contributed by atoms with Gasteiger partial charge in [0.05, 0.1) is 11.2 Å². The summed E-state index contributed by atoms with van der Waals surface area (Å²) in [6.45, 7) is 19.6. The molecule has 0 spiro atoms. The summed E-state index contributed by atoms with van der Waals surface area (Å²) in [6, 6.07) is 16.8. The minimum Gasteiger partial charge on any atom is -0.448 e. The van der Waals surface area contributed by atoms with Gasteiger partial charge in [-0.25, -0.2) is 4.79 Å². The van der Waals surface area contributed by atoms with Crippen molar-refractivity contribution in [2.45, 2.75) is 72.1 Å². The normalized spacial score (nSPS) is 19.3. The van der Waals surface area contributed by atoms with E-state index < -0.39 is 24.4 Å². The van der Waals surface area contributed by atoms with Gasteiger partial charge in [-0.05, 0) is 98.4 Å². The number of carbonyl (C=O) groups excluding carboxylic acids is 1. The zero-order chi connectivity index (χ0) is 30.5. The number of ether oxygens (including phenoxy) is 1. The highest BCUT2D eigenvalue weighted by Crippen LogP contribution is 2.44. The number of rotatable bonds is 6. The monoisotopic (exact) mass is 581 g/mol. The summed E-state index contributed by atoms with van der Waals surface area (Å²) in [7, 11) is -0.532. The van der Waals surface area contributed by atoms with Crippen LogP contribution in [0.4, 0.5) is 10.5 Å². The van der Waals surface area contributed by atoms with Crippen LogP contribution in [-0.2, 0) is 20.6 Å². The molecule has 0 aromatic heterocycles. The molecule has 7 nitrogen and oxygen atoms in total. The van der Waals surface area contributed by atoms with Crippen molar-refractivity contribution in [1.82, 2.24) is 10.2 Å². The first-order chi connectivity index (χ1) is 20.5. The lowest BCUT2D eigenvalue weighted by molar-refractivity contribution is 0.00578. The van der Waals surface area contributed by atoms with E-state index in [0.717, 1.165) is 60.6 Å². The Hall–Kier alpha value is -3.17. The third-order valence-electron chi connectivity index (χ3n) is 10.1. The van der Waals surface area contributed by atoms with Crippen LogP contribution >= 0.6 is 0 Å². The van der Waals surface area contributed by atoms with E-state index >= 15 is 0 Å². The number of hydrogen-bond acceptors (Lipinski definition) is 6. The molecule has 3 aliphatic rings. The van der Waals surface area contributed by atoms with Gasteiger partial charge in [0.15, 0.2) is 0 Å². The van der Waals surface area contributed by atoms with E-state index in [4.69, 9.17) is 14.0 Å². The summed E-state index contributed by atoms with van der Waals surface area (Å²) in [5.74, 6) is 0.00180. The van der Waals surface area contributed by atoms with Crippen LogP contribution in [0.15, 0.2) is 48.5 Å². The standard InChI is InChI=1S/C35H44BN3O4/c1-22-29(20-39-18-16-37-17-19-39)23(2)32(24(3)31(22)36-42-34(4,5)35(6,7)43-36)38-33(40)41-21-30-27-14-10-8-12-25(27)26-13-9-11-15-28(26)30/h8-15,30,37H,16-21H2,1-7H3,(H,38,40). The van der Waals surface area contributed by atoms with Crippen molar-refractivity contribution in [2.24, 2.45) is 0 Å². The van der Waals surface area contributed by atoms with E-state index in [2.05, 4.69) is 93.5 Å². The molecule has 3 aromatic carbocycles. The highest BCUT2D eigenvalue weighted by atomic mass is 16.7. The van der Waals surface area contributed by atoms with Gasteiger partial charge in [-0.15, -0.1) is 0 Å².